The van der Waals surface area contributed by atoms with Crippen molar-refractivity contribution in [3.05, 3.63) is 58.6 Å². The van der Waals surface area contributed by atoms with Gasteiger partial charge < -0.3 is 10.1 Å². The van der Waals surface area contributed by atoms with Crippen molar-refractivity contribution < 1.29 is 22.9 Å². The summed E-state index contributed by atoms with van der Waals surface area (Å²) in [6.07, 6.45) is 0.742. The van der Waals surface area contributed by atoms with E-state index in [0.717, 1.165) is 0 Å². The average molecular weight is 419 g/mol. The van der Waals surface area contributed by atoms with Gasteiger partial charge in [-0.3, -0.25) is 14.9 Å². The van der Waals surface area contributed by atoms with Crippen LogP contribution in [0.15, 0.2) is 53.4 Å². The number of methoxy groups -OCH3 is 1. The lowest BCUT2D eigenvalue weighted by atomic mass is 9.97. The minimum Gasteiger partial charge on any atom is -0.497 e. The Morgan fingerprint density at radius 2 is 1.83 bits per heavy atom. The van der Waals surface area contributed by atoms with Gasteiger partial charge in [0.1, 0.15) is 5.75 Å². The summed E-state index contributed by atoms with van der Waals surface area (Å²) >= 11 is 0. The van der Waals surface area contributed by atoms with Crippen LogP contribution in [0, 0.1) is 16.0 Å². The lowest BCUT2D eigenvalue weighted by molar-refractivity contribution is -0.384. The molecule has 0 aliphatic carbocycles. The van der Waals surface area contributed by atoms with Crippen LogP contribution in [0.25, 0.3) is 0 Å². The number of amides is 1. The molecule has 2 aromatic carbocycles. The third-order valence-electron chi connectivity index (χ3n) is 4.85. The second kappa shape index (κ2) is 8.58. The van der Waals surface area contributed by atoms with Crippen LogP contribution in [0.1, 0.15) is 12.8 Å². The van der Waals surface area contributed by atoms with Crippen LogP contribution in [0.4, 0.5) is 11.4 Å². The Bertz CT molecular complexity index is 999. The first-order valence-corrected chi connectivity index (χ1v) is 10.4. The summed E-state index contributed by atoms with van der Waals surface area (Å²) in [6, 6.07) is 11.9. The lowest BCUT2D eigenvalue weighted by Crippen LogP contribution is -2.41. The number of hydrogen-bond acceptors (Lipinski definition) is 6. The van der Waals surface area contributed by atoms with Gasteiger partial charge in [-0.1, -0.05) is 6.07 Å². The molecule has 0 radical (unpaired) electrons. The van der Waals surface area contributed by atoms with Gasteiger partial charge in [0.15, 0.2) is 0 Å². The fourth-order valence-electron chi connectivity index (χ4n) is 3.20. The number of nitro benzene ring substituents is 1. The molecule has 3 rings (SSSR count). The third kappa shape index (κ3) is 4.72. The molecule has 0 bridgehead atoms. The Morgan fingerprint density at radius 1 is 1.17 bits per heavy atom. The maximum atomic E-state index is 12.8. The molecule has 0 atom stereocenters. The molecule has 29 heavy (non-hydrogen) atoms. The highest BCUT2D eigenvalue weighted by atomic mass is 32.2. The quantitative estimate of drug-likeness (QED) is 0.568. The Hall–Kier alpha value is -2.98. The highest BCUT2D eigenvalue weighted by molar-refractivity contribution is 7.89. The molecule has 1 aliphatic rings. The third-order valence-corrected chi connectivity index (χ3v) is 6.76. The molecule has 1 aliphatic heterocycles. The zero-order valence-electron chi connectivity index (χ0n) is 15.8. The first kappa shape index (κ1) is 20.7. The van der Waals surface area contributed by atoms with Crippen LogP contribution in [-0.4, -0.2) is 43.8 Å². The number of carbonyl (C=O) groups excluding carboxylic acids is 1. The fraction of sp³-hybridized carbons (Fsp3) is 0.316. The standard InChI is InChI=1S/C19H21N3O6S/c1-28-17-5-7-18(8-6-17)29(26,27)21-11-9-14(10-12-21)19(23)20-15-3-2-4-16(13-15)22(24)25/h2-8,13-14H,9-12H2,1H3,(H,20,23). The zero-order chi connectivity index (χ0) is 21.0. The molecule has 1 amide bonds. The van der Waals surface area contributed by atoms with Gasteiger partial charge in [-0.15, -0.1) is 0 Å². The van der Waals surface area contributed by atoms with E-state index < -0.39 is 14.9 Å². The SMILES string of the molecule is COc1ccc(S(=O)(=O)N2CCC(C(=O)Nc3cccc([N+](=O)[O-])c3)CC2)cc1. The van der Waals surface area contributed by atoms with Crippen molar-refractivity contribution in [2.24, 2.45) is 5.92 Å². The van der Waals surface area contributed by atoms with E-state index in [-0.39, 0.29) is 35.5 Å². The predicted octanol–water partition coefficient (Wildman–Crippen LogP) is 2.64. The number of non-ortho nitro benzene ring substituents is 1. The van der Waals surface area contributed by atoms with Gasteiger partial charge in [-0.05, 0) is 43.2 Å². The minimum absolute atomic E-state index is 0.108. The molecule has 1 heterocycles. The van der Waals surface area contributed by atoms with Gasteiger partial charge in [-0.2, -0.15) is 4.31 Å². The van der Waals surface area contributed by atoms with Crippen molar-refractivity contribution >= 4 is 27.3 Å². The summed E-state index contributed by atoms with van der Waals surface area (Å²) in [4.78, 5) is 23.0. The van der Waals surface area contributed by atoms with Gasteiger partial charge in [0.25, 0.3) is 5.69 Å². The molecule has 0 unspecified atom stereocenters. The molecule has 1 saturated heterocycles. The molecular formula is C19H21N3O6S. The normalized spacial score (nSPS) is 15.6. The van der Waals surface area contributed by atoms with Crippen LogP contribution in [0.3, 0.4) is 0 Å². The van der Waals surface area contributed by atoms with E-state index in [0.29, 0.717) is 24.3 Å². The number of piperidine rings is 1. The molecular weight excluding hydrogens is 398 g/mol. The Kier molecular flexibility index (Phi) is 6.14. The predicted molar refractivity (Wildman–Crippen MR) is 106 cm³/mol. The second-order valence-electron chi connectivity index (χ2n) is 6.65. The average Bonchev–Trinajstić information content (AvgIpc) is 2.74. The minimum atomic E-state index is -3.64. The molecule has 1 fully saturated rings. The second-order valence-corrected chi connectivity index (χ2v) is 8.59. The molecule has 0 spiro atoms. The van der Waals surface area contributed by atoms with Crippen molar-refractivity contribution in [2.75, 3.05) is 25.5 Å². The fourth-order valence-corrected chi connectivity index (χ4v) is 4.67. The molecule has 0 saturated carbocycles. The monoisotopic (exact) mass is 419 g/mol. The van der Waals surface area contributed by atoms with Gasteiger partial charge in [0.2, 0.25) is 15.9 Å². The van der Waals surface area contributed by atoms with E-state index in [1.807, 2.05) is 0 Å². The molecule has 154 valence electrons. The maximum Gasteiger partial charge on any atom is 0.271 e. The van der Waals surface area contributed by atoms with Crippen LogP contribution < -0.4 is 10.1 Å². The van der Waals surface area contributed by atoms with E-state index >= 15 is 0 Å². The van der Waals surface area contributed by atoms with Crippen molar-refractivity contribution in [1.82, 2.24) is 4.31 Å². The van der Waals surface area contributed by atoms with Gasteiger partial charge in [-0.25, -0.2) is 8.42 Å². The Morgan fingerprint density at radius 3 is 2.41 bits per heavy atom. The maximum absolute atomic E-state index is 12.8. The van der Waals surface area contributed by atoms with E-state index in [1.54, 1.807) is 18.2 Å². The number of nitrogens with zero attached hydrogens (tertiary/aromatic N) is 2. The summed E-state index contributed by atoms with van der Waals surface area (Å²) in [5.74, 6) is -0.0657. The van der Waals surface area contributed by atoms with Gasteiger partial charge in [0.05, 0.1) is 16.9 Å². The topological polar surface area (TPSA) is 119 Å². The molecule has 2 aromatic rings. The largest absolute Gasteiger partial charge is 0.497 e. The molecule has 10 heteroatoms. The number of benzene rings is 2. The van der Waals surface area contributed by atoms with Gasteiger partial charge >= 0.3 is 0 Å². The van der Waals surface area contributed by atoms with Crippen LogP contribution in [0.2, 0.25) is 0 Å². The van der Waals surface area contributed by atoms with E-state index in [4.69, 9.17) is 4.74 Å². The summed E-state index contributed by atoms with van der Waals surface area (Å²) < 4.78 is 32.0. The highest BCUT2D eigenvalue weighted by Crippen LogP contribution is 2.26. The van der Waals surface area contributed by atoms with Crippen LogP contribution in [0.5, 0.6) is 5.75 Å². The Balaban J connectivity index is 1.61. The van der Waals surface area contributed by atoms with Crippen molar-refractivity contribution in [3.63, 3.8) is 0 Å². The Labute approximate surface area is 168 Å². The summed E-state index contributed by atoms with van der Waals surface area (Å²) in [5.41, 5.74) is 0.237. The number of sulfonamides is 1. The van der Waals surface area contributed by atoms with Gasteiger partial charge in [0, 0.05) is 36.8 Å². The number of nitrogens with one attached hydrogen (secondary N) is 1. The van der Waals surface area contributed by atoms with Crippen molar-refractivity contribution in [2.45, 2.75) is 17.7 Å². The van der Waals surface area contributed by atoms with E-state index in [9.17, 15) is 23.3 Å². The molecule has 0 aromatic heterocycles. The molecule has 1 N–H and O–H groups in total. The zero-order valence-corrected chi connectivity index (χ0v) is 16.6. The van der Waals surface area contributed by atoms with E-state index in [1.165, 1.54) is 41.7 Å². The van der Waals surface area contributed by atoms with Crippen LogP contribution >= 0.6 is 0 Å². The number of hydrogen-bond donors (Lipinski definition) is 1. The summed E-state index contributed by atoms with van der Waals surface area (Å²) in [6.45, 7) is 0.447. The van der Waals surface area contributed by atoms with Crippen molar-refractivity contribution in [1.29, 1.82) is 0 Å². The smallest absolute Gasteiger partial charge is 0.271 e. The summed E-state index contributed by atoms with van der Waals surface area (Å²) in [5, 5.41) is 13.5. The first-order chi connectivity index (χ1) is 13.8. The number of rotatable bonds is 6. The summed E-state index contributed by atoms with van der Waals surface area (Å²) in [7, 11) is -2.13. The van der Waals surface area contributed by atoms with Crippen molar-refractivity contribution in [3.8, 4) is 5.75 Å². The number of nitro groups is 1. The van der Waals surface area contributed by atoms with Crippen LogP contribution in [-0.2, 0) is 14.8 Å². The number of ether oxygens (including phenoxy) is 1. The first-order valence-electron chi connectivity index (χ1n) is 9.01. The molecule has 9 nitrogen and oxygen atoms in total. The lowest BCUT2D eigenvalue weighted by Gasteiger charge is -2.30. The number of carbonyl (C=O) groups is 1. The van der Waals surface area contributed by atoms with E-state index in [2.05, 4.69) is 5.32 Å². The highest BCUT2D eigenvalue weighted by Gasteiger charge is 2.32. The number of anilines is 1.